The minimum Gasteiger partial charge on any atom is -0.294 e. The Morgan fingerprint density at radius 1 is 1.00 bits per heavy atom. The normalized spacial score (nSPS) is 10.5. The summed E-state index contributed by atoms with van der Waals surface area (Å²) in [4.78, 5) is 11.9. The highest BCUT2D eigenvalue weighted by Crippen LogP contribution is 2.14. The smallest absolute Gasteiger partial charge is 0.167 e. The fourth-order valence-electron chi connectivity index (χ4n) is 1.83. The van der Waals surface area contributed by atoms with Gasteiger partial charge in [-0.15, -0.1) is 0 Å². The van der Waals surface area contributed by atoms with Crippen molar-refractivity contribution in [3.05, 3.63) is 70.5 Å². The molecule has 98 valence electrons. The summed E-state index contributed by atoms with van der Waals surface area (Å²) in [5, 5.41) is 0. The quantitative estimate of drug-likeness (QED) is 0.770. The van der Waals surface area contributed by atoms with Gasteiger partial charge >= 0.3 is 0 Å². The van der Waals surface area contributed by atoms with E-state index in [1.807, 2.05) is 0 Å². The van der Waals surface area contributed by atoms with Crippen LogP contribution in [0.2, 0.25) is 0 Å². The predicted molar refractivity (Wildman–Crippen MR) is 65.5 cm³/mol. The van der Waals surface area contributed by atoms with Gasteiger partial charge in [-0.25, -0.2) is 13.2 Å². The van der Waals surface area contributed by atoms with Crippen LogP contribution in [0.15, 0.2) is 36.4 Å². The van der Waals surface area contributed by atoms with Crippen molar-refractivity contribution in [1.82, 2.24) is 0 Å². The average molecular weight is 264 g/mol. The van der Waals surface area contributed by atoms with Crippen LogP contribution in [0.3, 0.4) is 0 Å². The van der Waals surface area contributed by atoms with E-state index < -0.39 is 17.5 Å². The molecule has 0 aliphatic carbocycles. The van der Waals surface area contributed by atoms with E-state index >= 15 is 0 Å². The first-order valence-corrected chi connectivity index (χ1v) is 5.70. The Hall–Kier alpha value is -2.10. The highest BCUT2D eigenvalue weighted by molar-refractivity contribution is 5.97. The molecule has 0 aromatic heterocycles. The molecule has 2 aromatic rings. The van der Waals surface area contributed by atoms with Crippen LogP contribution in [0, 0.1) is 24.4 Å². The van der Waals surface area contributed by atoms with Gasteiger partial charge in [0.2, 0.25) is 0 Å². The molecule has 0 radical (unpaired) electrons. The number of hydrogen-bond donors (Lipinski definition) is 0. The van der Waals surface area contributed by atoms with Gasteiger partial charge in [0.15, 0.2) is 17.4 Å². The first-order chi connectivity index (χ1) is 8.95. The highest BCUT2D eigenvalue weighted by Gasteiger charge is 2.11. The van der Waals surface area contributed by atoms with Gasteiger partial charge in [0, 0.05) is 12.0 Å². The first-order valence-electron chi connectivity index (χ1n) is 5.70. The van der Waals surface area contributed by atoms with Crippen LogP contribution in [-0.4, -0.2) is 5.78 Å². The van der Waals surface area contributed by atoms with Crippen molar-refractivity contribution in [2.24, 2.45) is 0 Å². The molecule has 0 spiro atoms. The van der Waals surface area contributed by atoms with E-state index in [1.54, 1.807) is 13.0 Å². The molecule has 0 amide bonds. The molecule has 0 aliphatic rings. The van der Waals surface area contributed by atoms with Crippen molar-refractivity contribution < 1.29 is 18.0 Å². The van der Waals surface area contributed by atoms with E-state index in [0.29, 0.717) is 11.1 Å². The molecule has 1 nitrogen and oxygen atoms in total. The van der Waals surface area contributed by atoms with Gasteiger partial charge in [-0.3, -0.25) is 4.79 Å². The molecule has 2 rings (SSSR count). The number of hydrogen-bond acceptors (Lipinski definition) is 1. The summed E-state index contributed by atoms with van der Waals surface area (Å²) in [5.74, 6) is -2.79. The number of Topliss-reactive ketones (excluding diaryl/α,β-unsaturated/α-hetero) is 1. The summed E-state index contributed by atoms with van der Waals surface area (Å²) in [7, 11) is 0. The summed E-state index contributed by atoms with van der Waals surface area (Å²) >= 11 is 0. The lowest BCUT2D eigenvalue weighted by Gasteiger charge is -2.04. The molecule has 0 fully saturated rings. The highest BCUT2D eigenvalue weighted by atomic mass is 19.2. The molecular formula is C15H11F3O. The van der Waals surface area contributed by atoms with Gasteiger partial charge in [-0.1, -0.05) is 6.07 Å². The Balaban J connectivity index is 2.22. The molecule has 0 aliphatic heterocycles. The second-order valence-electron chi connectivity index (χ2n) is 4.37. The zero-order chi connectivity index (χ0) is 14.0. The zero-order valence-electron chi connectivity index (χ0n) is 10.2. The van der Waals surface area contributed by atoms with Crippen LogP contribution >= 0.6 is 0 Å². The maximum absolute atomic E-state index is 13.2. The summed E-state index contributed by atoms with van der Waals surface area (Å²) < 4.78 is 39.0. The SMILES string of the molecule is Cc1cc(F)cc(C(=O)Cc2ccc(F)c(F)c2)c1. The van der Waals surface area contributed by atoms with Crippen molar-refractivity contribution in [3.8, 4) is 0 Å². The third kappa shape index (κ3) is 3.22. The Bertz CT molecular complexity index is 615. The van der Waals surface area contributed by atoms with Gasteiger partial charge in [0.05, 0.1) is 0 Å². The number of carbonyl (C=O) groups excluding carboxylic acids is 1. The Morgan fingerprint density at radius 3 is 2.37 bits per heavy atom. The van der Waals surface area contributed by atoms with Crippen LogP contribution < -0.4 is 0 Å². The maximum Gasteiger partial charge on any atom is 0.167 e. The Morgan fingerprint density at radius 2 is 1.74 bits per heavy atom. The van der Waals surface area contributed by atoms with Crippen molar-refractivity contribution in [3.63, 3.8) is 0 Å². The van der Waals surface area contributed by atoms with E-state index in [-0.39, 0.29) is 17.8 Å². The predicted octanol–water partition coefficient (Wildman–Crippen LogP) is 3.84. The minimum atomic E-state index is -0.999. The van der Waals surface area contributed by atoms with Crippen LogP contribution in [0.4, 0.5) is 13.2 Å². The molecule has 4 heteroatoms. The van der Waals surface area contributed by atoms with E-state index in [2.05, 4.69) is 0 Å². The van der Waals surface area contributed by atoms with Crippen LogP contribution in [0.25, 0.3) is 0 Å². The monoisotopic (exact) mass is 264 g/mol. The third-order valence-corrected chi connectivity index (χ3v) is 2.71. The Labute approximate surface area is 108 Å². The van der Waals surface area contributed by atoms with Crippen molar-refractivity contribution in [1.29, 1.82) is 0 Å². The number of aryl methyl sites for hydroxylation is 1. The molecule has 19 heavy (non-hydrogen) atoms. The lowest BCUT2D eigenvalue weighted by Crippen LogP contribution is -2.05. The minimum absolute atomic E-state index is 0.0971. The van der Waals surface area contributed by atoms with Gasteiger partial charge in [0.25, 0.3) is 0 Å². The van der Waals surface area contributed by atoms with Gasteiger partial charge in [-0.2, -0.15) is 0 Å². The summed E-state index contributed by atoms with van der Waals surface area (Å²) in [6.07, 6.45) is -0.0971. The fraction of sp³-hybridized carbons (Fsp3) is 0.133. The molecule has 0 unspecified atom stereocenters. The summed E-state index contributed by atoms with van der Waals surface area (Å²) in [6.45, 7) is 1.68. The molecule has 0 bridgehead atoms. The van der Waals surface area contributed by atoms with Crippen molar-refractivity contribution >= 4 is 5.78 Å². The lowest BCUT2D eigenvalue weighted by atomic mass is 10.0. The maximum atomic E-state index is 13.2. The molecule has 0 atom stereocenters. The van der Waals surface area contributed by atoms with E-state index in [9.17, 15) is 18.0 Å². The lowest BCUT2D eigenvalue weighted by molar-refractivity contribution is 0.0992. The summed E-state index contributed by atoms with van der Waals surface area (Å²) in [6, 6.07) is 7.28. The van der Waals surface area contributed by atoms with Gasteiger partial charge in [0.1, 0.15) is 5.82 Å². The molecule has 2 aromatic carbocycles. The average Bonchev–Trinajstić information content (AvgIpc) is 2.32. The first kappa shape index (κ1) is 13.3. The van der Waals surface area contributed by atoms with Crippen molar-refractivity contribution in [2.75, 3.05) is 0 Å². The van der Waals surface area contributed by atoms with Crippen LogP contribution in [0.1, 0.15) is 21.5 Å². The molecule has 0 saturated carbocycles. The second-order valence-corrected chi connectivity index (χ2v) is 4.37. The van der Waals surface area contributed by atoms with Crippen molar-refractivity contribution in [2.45, 2.75) is 13.3 Å². The topological polar surface area (TPSA) is 17.1 Å². The standard InChI is InChI=1S/C15H11F3O/c1-9-4-11(8-12(16)5-9)15(19)7-10-2-3-13(17)14(18)6-10/h2-6,8H,7H2,1H3. The van der Waals surface area contributed by atoms with Gasteiger partial charge < -0.3 is 0 Å². The fourth-order valence-corrected chi connectivity index (χ4v) is 1.83. The largest absolute Gasteiger partial charge is 0.294 e. The molecular weight excluding hydrogens is 253 g/mol. The Kier molecular flexibility index (Phi) is 3.69. The van der Waals surface area contributed by atoms with Crippen LogP contribution in [-0.2, 0) is 6.42 Å². The molecule has 0 N–H and O–H groups in total. The summed E-state index contributed by atoms with van der Waals surface area (Å²) in [5.41, 5.74) is 1.21. The number of halogens is 3. The number of benzene rings is 2. The third-order valence-electron chi connectivity index (χ3n) is 2.71. The second kappa shape index (κ2) is 5.26. The molecule has 0 heterocycles. The van der Waals surface area contributed by atoms with E-state index in [1.165, 1.54) is 12.1 Å². The van der Waals surface area contributed by atoms with E-state index in [4.69, 9.17) is 0 Å². The molecule has 0 saturated heterocycles. The van der Waals surface area contributed by atoms with Crippen LogP contribution in [0.5, 0.6) is 0 Å². The van der Waals surface area contributed by atoms with Gasteiger partial charge in [-0.05, 0) is 48.4 Å². The number of carbonyl (C=O) groups is 1. The number of rotatable bonds is 3. The van der Waals surface area contributed by atoms with E-state index in [0.717, 1.165) is 18.2 Å². The number of ketones is 1. The zero-order valence-corrected chi connectivity index (χ0v) is 10.2.